The number of carbonyl (C=O) groups is 3. The van der Waals surface area contributed by atoms with Gasteiger partial charge in [-0.05, 0) is 42.5 Å². The smallest absolute Gasteiger partial charge is 0.478 e. The van der Waals surface area contributed by atoms with E-state index in [1.807, 2.05) is 0 Å². The molecule has 6 rings (SSSR count). The number of aliphatic hydroxyl groups excluding tert-OH is 1. The molecule has 4 aromatic heterocycles. The number of rotatable bonds is 7. The molecule has 0 aliphatic carbocycles. The molecule has 56 heavy (non-hydrogen) atoms. The zero-order chi connectivity index (χ0) is 41.9. The van der Waals surface area contributed by atoms with Gasteiger partial charge >= 0.3 is 24.7 Å². The Morgan fingerprint density at radius 3 is 1.73 bits per heavy atom. The summed E-state index contributed by atoms with van der Waals surface area (Å²) in [5.41, 5.74) is 0.937. The molecular weight excluding hydrogens is 848 g/mol. The topological polar surface area (TPSA) is 166 Å². The van der Waals surface area contributed by atoms with E-state index in [4.69, 9.17) is 56.6 Å². The number of aliphatic hydroxyl groups is 1. The maximum atomic E-state index is 12.4. The van der Waals surface area contributed by atoms with Crippen molar-refractivity contribution < 1.29 is 65.5 Å². The molecule has 0 spiro atoms. The number of carboxylic acid groups (broad SMARTS) is 2. The van der Waals surface area contributed by atoms with Gasteiger partial charge in [-0.15, -0.1) is 26.3 Å². The van der Waals surface area contributed by atoms with E-state index < -0.39 is 36.5 Å². The van der Waals surface area contributed by atoms with E-state index in [0.717, 1.165) is 24.5 Å². The number of benzene rings is 2. The number of aromatic carboxylic acids is 2. The van der Waals surface area contributed by atoms with E-state index in [0.29, 0.717) is 33.8 Å². The van der Waals surface area contributed by atoms with Gasteiger partial charge in [0.25, 0.3) is 0 Å². The first kappa shape index (κ1) is 43.5. The van der Waals surface area contributed by atoms with Gasteiger partial charge in [-0.1, -0.05) is 46.4 Å². The second kappa shape index (κ2) is 17.3. The lowest BCUT2D eigenvalue weighted by molar-refractivity contribution is -0.275. The van der Waals surface area contributed by atoms with Crippen LogP contribution in [0.2, 0.25) is 20.4 Å². The molecule has 0 saturated carbocycles. The van der Waals surface area contributed by atoms with Gasteiger partial charge in [-0.3, -0.25) is 4.79 Å². The second-order valence-electron chi connectivity index (χ2n) is 11.1. The SMILES string of the molecule is Cn1c(C(O)c2c(Cl)ncc(C(=O)O)c2Cl)cc2ccc(OC(F)(F)F)cc21.Cn1c(C=O)cc2ccc(OC(F)(F)F)cc21.O=C(O)c1cnc(Cl)cc1Cl. The maximum absolute atomic E-state index is 12.4. The number of aryl methyl sites for hydroxylation is 2. The third kappa shape index (κ3) is 10.5. The normalized spacial score (nSPS) is 11.9. The Morgan fingerprint density at radius 2 is 1.25 bits per heavy atom. The van der Waals surface area contributed by atoms with Crippen molar-refractivity contribution >= 4 is 86.4 Å². The molecule has 2 aromatic carbocycles. The summed E-state index contributed by atoms with van der Waals surface area (Å²) in [5, 5.41) is 29.4. The lowest BCUT2D eigenvalue weighted by atomic mass is 10.1. The number of carbonyl (C=O) groups excluding carboxylic acids is 1. The Morgan fingerprint density at radius 1 is 0.750 bits per heavy atom. The van der Waals surface area contributed by atoms with E-state index in [1.54, 1.807) is 13.1 Å². The van der Waals surface area contributed by atoms with Gasteiger partial charge in [0.15, 0.2) is 6.29 Å². The monoisotopic (exact) mass is 868 g/mol. The van der Waals surface area contributed by atoms with Gasteiger partial charge in [-0.25, -0.2) is 19.6 Å². The lowest BCUT2D eigenvalue weighted by Crippen LogP contribution is -2.17. The van der Waals surface area contributed by atoms with E-state index in [9.17, 15) is 45.8 Å². The zero-order valence-electron chi connectivity index (χ0n) is 28.0. The molecule has 4 heterocycles. The van der Waals surface area contributed by atoms with Gasteiger partial charge in [0, 0.05) is 55.0 Å². The maximum Gasteiger partial charge on any atom is 0.573 e. The summed E-state index contributed by atoms with van der Waals surface area (Å²) in [6, 6.07) is 12.0. The van der Waals surface area contributed by atoms with Crippen LogP contribution < -0.4 is 9.47 Å². The number of nitrogens with zero attached hydrogens (tertiary/aromatic N) is 4. The van der Waals surface area contributed by atoms with Crippen molar-refractivity contribution in [3.05, 3.63) is 115 Å². The van der Waals surface area contributed by atoms with Crippen LogP contribution in [0.25, 0.3) is 21.8 Å². The number of halogens is 10. The van der Waals surface area contributed by atoms with Crippen molar-refractivity contribution in [1.82, 2.24) is 19.1 Å². The predicted molar refractivity (Wildman–Crippen MR) is 191 cm³/mol. The number of fused-ring (bicyclic) bond motifs is 2. The third-order valence-corrected chi connectivity index (χ3v) is 8.76. The highest BCUT2D eigenvalue weighted by Crippen LogP contribution is 2.38. The number of ether oxygens (including phenoxy) is 2. The summed E-state index contributed by atoms with van der Waals surface area (Å²) in [4.78, 5) is 39.6. The number of carboxylic acids is 2. The van der Waals surface area contributed by atoms with Crippen LogP contribution >= 0.6 is 46.4 Å². The minimum atomic E-state index is -4.84. The zero-order valence-corrected chi connectivity index (χ0v) is 31.0. The largest absolute Gasteiger partial charge is 0.573 e. The molecule has 1 atom stereocenters. The van der Waals surface area contributed by atoms with Crippen molar-refractivity contribution in [3.63, 3.8) is 0 Å². The number of hydrogen-bond donors (Lipinski definition) is 3. The second-order valence-corrected chi connectivity index (χ2v) is 12.6. The lowest BCUT2D eigenvalue weighted by Gasteiger charge is -2.16. The van der Waals surface area contributed by atoms with E-state index in [1.165, 1.54) is 52.6 Å². The van der Waals surface area contributed by atoms with E-state index in [2.05, 4.69) is 19.4 Å². The fourth-order valence-corrected chi connectivity index (χ4v) is 6.07. The number of hydrogen-bond acceptors (Lipinski definition) is 8. The first-order chi connectivity index (χ1) is 26.0. The molecule has 3 N–H and O–H groups in total. The molecule has 0 fully saturated rings. The molecule has 0 aliphatic rings. The van der Waals surface area contributed by atoms with E-state index >= 15 is 0 Å². The van der Waals surface area contributed by atoms with Gasteiger partial charge in [0.05, 0.1) is 43.6 Å². The first-order valence-corrected chi connectivity index (χ1v) is 16.5. The Kier molecular flexibility index (Phi) is 13.4. The molecule has 22 heteroatoms. The van der Waals surface area contributed by atoms with Gasteiger partial charge in [0.1, 0.15) is 27.9 Å². The quantitative estimate of drug-likeness (QED) is 0.0799. The molecule has 0 aliphatic heterocycles. The van der Waals surface area contributed by atoms with Crippen LogP contribution in [0, 0.1) is 0 Å². The molecule has 1 unspecified atom stereocenters. The summed E-state index contributed by atoms with van der Waals surface area (Å²) < 4.78 is 84.0. The van der Waals surface area contributed by atoms with Crippen molar-refractivity contribution in [2.75, 3.05) is 0 Å². The first-order valence-electron chi connectivity index (χ1n) is 15.0. The average Bonchev–Trinajstić information content (AvgIpc) is 3.58. The van der Waals surface area contributed by atoms with Gasteiger partial charge in [-0.2, -0.15) is 0 Å². The van der Waals surface area contributed by atoms with Crippen molar-refractivity contribution in [3.8, 4) is 11.5 Å². The third-order valence-electron chi connectivity index (χ3n) is 7.53. The number of aldehydes is 1. The highest BCUT2D eigenvalue weighted by Gasteiger charge is 2.32. The highest BCUT2D eigenvalue weighted by molar-refractivity contribution is 6.37. The van der Waals surface area contributed by atoms with Crippen LogP contribution in [-0.2, 0) is 14.1 Å². The summed E-state index contributed by atoms with van der Waals surface area (Å²) in [5.74, 6) is -3.19. The number of pyridine rings is 2. The van der Waals surface area contributed by atoms with Crippen LogP contribution in [0.5, 0.6) is 11.5 Å². The summed E-state index contributed by atoms with van der Waals surface area (Å²) >= 11 is 23.0. The molecule has 0 radical (unpaired) electrons. The molecule has 0 amide bonds. The van der Waals surface area contributed by atoms with Crippen LogP contribution in [0.4, 0.5) is 26.3 Å². The standard InChI is InChI=1S/C17H11Cl2F3N2O4.C11H8F3NO2.C6H3Cl2NO2/c1-24-10-5-8(28-17(20,21)22)3-2-7(10)4-11(24)14(25)12-13(18)9(16(26)27)6-23-15(12)19;1-15-8(6-16)4-7-2-3-9(5-10(7)15)17-11(12,13)14;7-4-1-5(8)9-2-3(4)6(10)11/h2-6,14,25H,1H3,(H,26,27);2-6H,1H3;1-2H,(H,10,11). The minimum absolute atomic E-state index is 0.0453. The number of alkyl halides is 6. The van der Waals surface area contributed by atoms with E-state index in [-0.39, 0.29) is 48.5 Å². The van der Waals surface area contributed by atoms with Crippen molar-refractivity contribution in [2.24, 2.45) is 14.1 Å². The summed E-state index contributed by atoms with van der Waals surface area (Å²) in [6.45, 7) is 0. The molecule has 296 valence electrons. The van der Waals surface area contributed by atoms with Crippen LogP contribution in [0.3, 0.4) is 0 Å². The fourth-order valence-electron chi connectivity index (χ4n) is 5.01. The Bertz CT molecular complexity index is 2450. The van der Waals surface area contributed by atoms with Crippen LogP contribution in [-0.4, -0.2) is 65.4 Å². The predicted octanol–water partition coefficient (Wildman–Crippen LogP) is 9.53. The molecule has 6 aromatic rings. The van der Waals surface area contributed by atoms with Gasteiger partial charge in [0.2, 0.25) is 0 Å². The Balaban J connectivity index is 0.000000210. The Labute approximate surface area is 329 Å². The fraction of sp³-hybridized carbons (Fsp3) is 0.147. The Hall–Kier alpha value is -5.27. The van der Waals surface area contributed by atoms with Crippen LogP contribution in [0.15, 0.2) is 67.0 Å². The molecule has 0 bridgehead atoms. The average molecular weight is 870 g/mol. The molecule has 12 nitrogen and oxygen atoms in total. The van der Waals surface area contributed by atoms with Crippen molar-refractivity contribution in [1.29, 1.82) is 0 Å². The van der Waals surface area contributed by atoms with Gasteiger partial charge < -0.3 is 33.9 Å². The highest BCUT2D eigenvalue weighted by atomic mass is 35.5. The molecular formula is C34H22Cl4F6N4O8. The number of aromatic nitrogens is 4. The summed E-state index contributed by atoms with van der Waals surface area (Å²) in [6.07, 6.45) is -8.31. The summed E-state index contributed by atoms with van der Waals surface area (Å²) in [7, 11) is 3.11. The minimum Gasteiger partial charge on any atom is -0.478 e. The van der Waals surface area contributed by atoms with Crippen molar-refractivity contribution in [2.45, 2.75) is 18.8 Å². The van der Waals surface area contributed by atoms with Crippen LogP contribution in [0.1, 0.15) is 48.6 Å². The molecule has 0 saturated heterocycles.